The Balaban J connectivity index is 0.00000216. The Kier molecular flexibility index (Phi) is 13.5. The number of anilines is 2. The Bertz CT molecular complexity index is 1820. The van der Waals surface area contributed by atoms with Crippen LogP contribution < -0.4 is 52.9 Å². The third-order valence-corrected chi connectivity index (χ3v) is 13.8. The normalized spacial score (nSPS) is 15.4. The zero-order valence-electron chi connectivity index (χ0n) is 28.1. The topological polar surface area (TPSA) is 40.0 Å². The molecule has 0 N–H and O–H groups in total. The molecule has 12 heteroatoms. The Labute approximate surface area is 332 Å². The summed E-state index contributed by atoms with van der Waals surface area (Å²) in [6.07, 6.45) is 14.5. The molecular weight excluding hydrogens is 829 g/mol. The largest absolute Gasteiger partial charge is 1.00 e. The van der Waals surface area contributed by atoms with Crippen LogP contribution in [0.4, 0.5) is 11.6 Å². The van der Waals surface area contributed by atoms with Gasteiger partial charge in [0, 0.05) is 36.0 Å². The van der Waals surface area contributed by atoms with Crippen LogP contribution in [0.1, 0.15) is 62.5 Å². The number of nitrogens with zero attached hydrogens (tertiary/aromatic N) is 6. The van der Waals surface area contributed by atoms with Crippen LogP contribution >= 0.6 is 44.3 Å². The molecule has 4 aromatic heterocycles. The Morgan fingerprint density at radius 3 is 1.28 bits per heavy atom. The molecule has 2 aromatic carbocycles. The van der Waals surface area contributed by atoms with Crippen molar-refractivity contribution in [2.75, 3.05) is 36.0 Å². The van der Waals surface area contributed by atoms with Crippen molar-refractivity contribution in [2.24, 2.45) is 0 Å². The molecule has 50 heavy (non-hydrogen) atoms. The summed E-state index contributed by atoms with van der Waals surface area (Å²) in [5, 5.41) is 6.99. The summed E-state index contributed by atoms with van der Waals surface area (Å²) in [5.74, 6) is 2.32. The number of thiophene rings is 2. The molecule has 0 saturated carbocycles. The number of rotatable bonds is 9. The maximum absolute atomic E-state index is 4.97. The predicted molar refractivity (Wildman–Crippen MR) is 204 cm³/mol. The maximum Gasteiger partial charge on any atom is 0.290 e. The zero-order chi connectivity index (χ0) is 32.1. The lowest BCUT2D eigenvalue weighted by Crippen LogP contribution is -3.00. The van der Waals surface area contributed by atoms with Crippen LogP contribution in [-0.4, -0.2) is 36.1 Å². The van der Waals surface area contributed by atoms with Crippen molar-refractivity contribution in [1.29, 1.82) is 0 Å². The first kappa shape index (κ1) is 37.5. The lowest BCUT2D eigenvalue weighted by Gasteiger charge is -2.18. The van der Waals surface area contributed by atoms with E-state index < -0.39 is 0 Å². The van der Waals surface area contributed by atoms with Gasteiger partial charge in [0.15, 0.2) is 9.66 Å². The standard InChI is InChI=1S/C38H42N6S4.2BrH/c1-2-6-20-41(19-5-1)35-33-17-23-45-37(33)43(27-39-35)25-29-9-13-31(14-10-29)47-48-32-15-11-30(12-16-32)26-44-28-40-36(34-18-24-46-38(34)44)42-21-7-3-4-8-22-42;;/h9-18,23-24,27-28H,1-8,19-22,25-26H2;2*1H/q+2;;/p-2. The second-order valence-electron chi connectivity index (χ2n) is 12.9. The van der Waals surface area contributed by atoms with Crippen molar-refractivity contribution in [2.45, 2.75) is 74.2 Å². The Morgan fingerprint density at radius 2 is 0.900 bits per heavy atom. The van der Waals surface area contributed by atoms with Crippen molar-refractivity contribution in [1.82, 2.24) is 9.97 Å². The van der Waals surface area contributed by atoms with Crippen molar-refractivity contribution in [3.8, 4) is 0 Å². The van der Waals surface area contributed by atoms with Gasteiger partial charge in [-0.25, -0.2) is 9.13 Å². The van der Waals surface area contributed by atoms with Crippen molar-refractivity contribution in [3.05, 3.63) is 95.2 Å². The average Bonchev–Trinajstić information content (AvgIpc) is 3.65. The summed E-state index contributed by atoms with van der Waals surface area (Å²) in [6.45, 7) is 6.13. The van der Waals surface area contributed by atoms with Crippen LogP contribution in [0.15, 0.2) is 93.9 Å². The van der Waals surface area contributed by atoms with E-state index in [2.05, 4.69) is 90.4 Å². The minimum atomic E-state index is 0. The molecule has 0 spiro atoms. The second-order valence-corrected chi connectivity index (χ2v) is 17.0. The Morgan fingerprint density at radius 1 is 0.520 bits per heavy atom. The van der Waals surface area contributed by atoms with E-state index in [1.54, 1.807) is 0 Å². The third-order valence-electron chi connectivity index (χ3n) is 9.53. The number of halogens is 2. The van der Waals surface area contributed by atoms with Gasteiger partial charge in [0.05, 0.1) is 0 Å². The van der Waals surface area contributed by atoms with E-state index >= 15 is 0 Å². The highest BCUT2D eigenvalue weighted by molar-refractivity contribution is 8.76. The number of fused-ring (bicyclic) bond motifs is 2. The van der Waals surface area contributed by atoms with E-state index in [-0.39, 0.29) is 34.0 Å². The van der Waals surface area contributed by atoms with Crippen LogP contribution in [-0.2, 0) is 13.1 Å². The molecule has 0 unspecified atom stereocenters. The third kappa shape index (κ3) is 8.69. The molecule has 6 heterocycles. The van der Waals surface area contributed by atoms with Crippen molar-refractivity contribution in [3.63, 3.8) is 0 Å². The smallest absolute Gasteiger partial charge is 0.290 e. The summed E-state index contributed by atoms with van der Waals surface area (Å²) in [6, 6.07) is 22.5. The summed E-state index contributed by atoms with van der Waals surface area (Å²) in [4.78, 5) is 20.1. The molecule has 0 radical (unpaired) electrons. The SMILES string of the molecule is [Br-].[Br-].c1cc2c(N3CCCCCC3)nc[n+](Cc3ccc(SSc4ccc(C[n+]5cnc(N6CCCCCC6)c6ccsc65)cc4)cc3)c2s1. The van der Waals surface area contributed by atoms with E-state index in [1.165, 1.54) is 92.7 Å². The first-order valence-electron chi connectivity index (χ1n) is 17.3. The van der Waals surface area contributed by atoms with Crippen LogP contribution in [0.3, 0.4) is 0 Å². The highest BCUT2D eigenvalue weighted by atomic mass is 79.9. The molecule has 0 amide bonds. The predicted octanol–water partition coefficient (Wildman–Crippen LogP) is 3.15. The minimum Gasteiger partial charge on any atom is -1.00 e. The van der Waals surface area contributed by atoms with Gasteiger partial charge in [-0.3, -0.25) is 0 Å². The molecule has 2 saturated heterocycles. The molecule has 0 bridgehead atoms. The van der Waals surface area contributed by atoms with Gasteiger partial charge < -0.3 is 43.8 Å². The summed E-state index contributed by atoms with van der Waals surface area (Å²) >= 11 is 3.63. The van der Waals surface area contributed by atoms with Gasteiger partial charge in [0.1, 0.15) is 23.9 Å². The van der Waals surface area contributed by atoms with Crippen LogP contribution in [0.25, 0.3) is 20.4 Å². The van der Waals surface area contributed by atoms with Gasteiger partial charge in [0.2, 0.25) is 0 Å². The van der Waals surface area contributed by atoms with Crippen molar-refractivity contribution >= 4 is 76.3 Å². The molecule has 2 aliphatic rings. The molecule has 2 aliphatic heterocycles. The lowest BCUT2D eigenvalue weighted by molar-refractivity contribution is -0.663. The van der Waals surface area contributed by atoms with E-state index in [0.29, 0.717) is 0 Å². The fourth-order valence-corrected chi connectivity index (χ4v) is 10.6. The van der Waals surface area contributed by atoms with E-state index in [1.807, 2.05) is 56.9 Å². The first-order chi connectivity index (χ1) is 23.8. The highest BCUT2D eigenvalue weighted by Gasteiger charge is 2.23. The molecule has 262 valence electrons. The van der Waals surface area contributed by atoms with Gasteiger partial charge >= 0.3 is 0 Å². The van der Waals surface area contributed by atoms with Gasteiger partial charge in [0.25, 0.3) is 24.3 Å². The molecular formula is C38H42Br2N6S4. The van der Waals surface area contributed by atoms with Gasteiger partial charge in [-0.1, -0.05) is 71.5 Å². The summed E-state index contributed by atoms with van der Waals surface area (Å²) in [5.41, 5.74) is 2.59. The van der Waals surface area contributed by atoms with Gasteiger partial charge in [-0.2, -0.15) is 0 Å². The second kappa shape index (κ2) is 18.0. The molecule has 6 nitrogen and oxygen atoms in total. The zero-order valence-corrected chi connectivity index (χ0v) is 34.5. The number of aromatic nitrogens is 4. The van der Waals surface area contributed by atoms with Crippen LogP contribution in [0, 0.1) is 0 Å². The van der Waals surface area contributed by atoms with E-state index in [4.69, 9.17) is 9.97 Å². The molecule has 2 fully saturated rings. The number of hydrogen-bond donors (Lipinski definition) is 0. The highest BCUT2D eigenvalue weighted by Crippen LogP contribution is 2.37. The number of benzene rings is 2. The van der Waals surface area contributed by atoms with Crippen LogP contribution in [0.2, 0.25) is 0 Å². The fourth-order valence-electron chi connectivity index (χ4n) is 6.97. The van der Waals surface area contributed by atoms with Gasteiger partial charge in [-0.05, 0) is 93.9 Å². The lowest BCUT2D eigenvalue weighted by atomic mass is 10.2. The Hall–Kier alpha value is -2.22. The molecule has 0 aliphatic carbocycles. The molecule has 0 atom stereocenters. The summed E-state index contributed by atoms with van der Waals surface area (Å²) in [7, 11) is 3.63. The van der Waals surface area contributed by atoms with Gasteiger partial charge in [-0.15, -0.1) is 22.7 Å². The minimum absolute atomic E-state index is 0. The molecule has 8 rings (SSSR count). The van der Waals surface area contributed by atoms with Crippen molar-refractivity contribution < 1.29 is 43.1 Å². The molecule has 6 aromatic rings. The van der Waals surface area contributed by atoms with E-state index in [9.17, 15) is 0 Å². The monoisotopic (exact) mass is 868 g/mol. The average molecular weight is 871 g/mol. The van der Waals surface area contributed by atoms with E-state index in [0.717, 1.165) is 50.9 Å². The maximum atomic E-state index is 4.97. The first-order valence-corrected chi connectivity index (χ1v) is 21.2. The quantitative estimate of drug-likeness (QED) is 0.165. The fraction of sp³-hybridized carbons (Fsp3) is 0.368. The number of hydrogen-bond acceptors (Lipinski definition) is 8. The summed E-state index contributed by atoms with van der Waals surface area (Å²) < 4.78 is 4.61. The van der Waals surface area contributed by atoms with Crippen LogP contribution in [0.5, 0.6) is 0 Å².